The van der Waals surface area contributed by atoms with Crippen LogP contribution in [0.3, 0.4) is 0 Å². The molecule has 2 rings (SSSR count). The fourth-order valence-electron chi connectivity index (χ4n) is 1.57. The molecule has 0 unspecified atom stereocenters. The van der Waals surface area contributed by atoms with Gasteiger partial charge in [-0.05, 0) is 45.8 Å². The van der Waals surface area contributed by atoms with Gasteiger partial charge in [0.2, 0.25) is 0 Å². The van der Waals surface area contributed by atoms with Gasteiger partial charge in [-0.25, -0.2) is 0 Å². The molecule has 2 nitrogen and oxygen atoms in total. The Labute approximate surface area is 129 Å². The molecule has 1 N–H and O–H groups in total. The summed E-state index contributed by atoms with van der Waals surface area (Å²) in [5.41, 5.74) is 1.50. The number of rotatable bonds is 3. The van der Waals surface area contributed by atoms with E-state index >= 15 is 0 Å². The van der Waals surface area contributed by atoms with Gasteiger partial charge in [-0.3, -0.25) is 4.79 Å². The van der Waals surface area contributed by atoms with Crippen LogP contribution in [-0.2, 0) is 6.54 Å². The summed E-state index contributed by atoms with van der Waals surface area (Å²) in [6, 6.07) is 12.5. The van der Waals surface area contributed by atoms with Crippen LogP contribution in [0.15, 0.2) is 46.9 Å². The summed E-state index contributed by atoms with van der Waals surface area (Å²) in [6.07, 6.45) is 0. The van der Waals surface area contributed by atoms with Crippen LogP contribution in [0.25, 0.3) is 0 Å². The van der Waals surface area contributed by atoms with Gasteiger partial charge in [-0.1, -0.05) is 41.4 Å². The lowest BCUT2D eigenvalue weighted by Gasteiger charge is -2.07. The molecule has 5 heteroatoms. The summed E-state index contributed by atoms with van der Waals surface area (Å²) in [5, 5.41) is 3.82. The van der Waals surface area contributed by atoms with Crippen LogP contribution in [0.2, 0.25) is 10.0 Å². The van der Waals surface area contributed by atoms with Crippen LogP contribution in [0.4, 0.5) is 0 Å². The Bertz CT molecular complexity index is 616. The molecule has 0 aromatic heterocycles. The molecule has 19 heavy (non-hydrogen) atoms. The average Bonchev–Trinajstić information content (AvgIpc) is 2.40. The van der Waals surface area contributed by atoms with Crippen LogP contribution in [-0.4, -0.2) is 5.91 Å². The molecular weight excluding hydrogens is 349 g/mol. The topological polar surface area (TPSA) is 29.1 Å². The van der Waals surface area contributed by atoms with Crippen molar-refractivity contribution in [1.29, 1.82) is 0 Å². The summed E-state index contributed by atoms with van der Waals surface area (Å²) >= 11 is 15.1. The average molecular weight is 359 g/mol. The molecule has 0 aliphatic heterocycles. The summed E-state index contributed by atoms with van der Waals surface area (Å²) in [7, 11) is 0. The van der Waals surface area contributed by atoms with E-state index in [1.807, 2.05) is 24.3 Å². The summed E-state index contributed by atoms with van der Waals surface area (Å²) in [4.78, 5) is 12.0. The third kappa shape index (κ3) is 3.72. The van der Waals surface area contributed by atoms with Gasteiger partial charge in [-0.2, -0.15) is 0 Å². The second-order valence-electron chi connectivity index (χ2n) is 3.91. The number of halogens is 3. The molecule has 0 radical (unpaired) electrons. The molecular formula is C14H10BrCl2NO. The zero-order valence-corrected chi connectivity index (χ0v) is 12.9. The van der Waals surface area contributed by atoms with Crippen molar-refractivity contribution in [3.8, 4) is 0 Å². The maximum absolute atomic E-state index is 12.0. The van der Waals surface area contributed by atoms with Gasteiger partial charge < -0.3 is 5.32 Å². The van der Waals surface area contributed by atoms with Crippen molar-refractivity contribution in [1.82, 2.24) is 5.32 Å². The molecule has 0 saturated heterocycles. The highest BCUT2D eigenvalue weighted by Gasteiger charge is 2.08. The van der Waals surface area contributed by atoms with E-state index in [1.165, 1.54) is 0 Å². The highest BCUT2D eigenvalue weighted by Crippen LogP contribution is 2.22. The third-order valence-electron chi connectivity index (χ3n) is 2.56. The van der Waals surface area contributed by atoms with Gasteiger partial charge in [0.1, 0.15) is 0 Å². The molecule has 0 bridgehead atoms. The van der Waals surface area contributed by atoms with Gasteiger partial charge in [0.25, 0.3) is 5.91 Å². The number of hydrogen-bond donors (Lipinski definition) is 1. The second-order valence-corrected chi connectivity index (χ2v) is 5.58. The third-order valence-corrected chi connectivity index (χ3v) is 3.99. The molecule has 0 fully saturated rings. The van der Waals surface area contributed by atoms with Gasteiger partial charge in [0.15, 0.2) is 0 Å². The second kappa shape index (κ2) is 6.42. The SMILES string of the molecule is O=C(NCc1ccc(Cl)c(Cl)c1)c1ccccc1Br. The number of carbonyl (C=O) groups excluding carboxylic acids is 1. The highest BCUT2D eigenvalue weighted by molar-refractivity contribution is 9.10. The minimum atomic E-state index is -0.140. The minimum absolute atomic E-state index is 0.140. The first kappa shape index (κ1) is 14.4. The lowest BCUT2D eigenvalue weighted by Crippen LogP contribution is -2.23. The summed E-state index contributed by atoms with van der Waals surface area (Å²) in [6.45, 7) is 0.400. The number of carbonyl (C=O) groups is 1. The first-order chi connectivity index (χ1) is 9.08. The summed E-state index contributed by atoms with van der Waals surface area (Å²) in [5.74, 6) is -0.140. The van der Waals surface area contributed by atoms with E-state index in [9.17, 15) is 4.79 Å². The van der Waals surface area contributed by atoms with E-state index in [2.05, 4.69) is 21.2 Å². The maximum atomic E-state index is 12.0. The standard InChI is InChI=1S/C14H10BrCl2NO/c15-11-4-2-1-3-10(11)14(19)18-8-9-5-6-12(16)13(17)7-9/h1-7H,8H2,(H,18,19). The Morgan fingerprint density at radius 2 is 1.84 bits per heavy atom. The maximum Gasteiger partial charge on any atom is 0.252 e. The monoisotopic (exact) mass is 357 g/mol. The number of amides is 1. The number of nitrogens with one attached hydrogen (secondary N) is 1. The van der Waals surface area contributed by atoms with Crippen molar-refractivity contribution < 1.29 is 4.79 Å². The lowest BCUT2D eigenvalue weighted by molar-refractivity contribution is 0.0950. The van der Waals surface area contributed by atoms with E-state index in [1.54, 1.807) is 18.2 Å². The minimum Gasteiger partial charge on any atom is -0.348 e. The van der Waals surface area contributed by atoms with Crippen LogP contribution in [0.5, 0.6) is 0 Å². The lowest BCUT2D eigenvalue weighted by atomic mass is 10.2. The van der Waals surface area contributed by atoms with Gasteiger partial charge >= 0.3 is 0 Å². The first-order valence-corrected chi connectivity index (χ1v) is 7.09. The smallest absolute Gasteiger partial charge is 0.252 e. The van der Waals surface area contributed by atoms with Crippen LogP contribution < -0.4 is 5.32 Å². The van der Waals surface area contributed by atoms with Crippen molar-refractivity contribution in [2.45, 2.75) is 6.54 Å². The quantitative estimate of drug-likeness (QED) is 0.847. The van der Waals surface area contributed by atoms with E-state index in [0.717, 1.165) is 10.0 Å². The Morgan fingerprint density at radius 3 is 2.53 bits per heavy atom. The van der Waals surface area contributed by atoms with E-state index in [-0.39, 0.29) is 5.91 Å². The Morgan fingerprint density at radius 1 is 1.11 bits per heavy atom. The largest absolute Gasteiger partial charge is 0.348 e. The van der Waals surface area contributed by atoms with Crippen LogP contribution in [0, 0.1) is 0 Å². The van der Waals surface area contributed by atoms with Gasteiger partial charge in [0, 0.05) is 11.0 Å². The molecule has 2 aromatic carbocycles. The zero-order chi connectivity index (χ0) is 13.8. The molecule has 0 saturated carbocycles. The molecule has 0 aliphatic carbocycles. The van der Waals surface area contributed by atoms with Crippen molar-refractivity contribution in [3.63, 3.8) is 0 Å². The normalized spacial score (nSPS) is 10.3. The number of benzene rings is 2. The number of hydrogen-bond acceptors (Lipinski definition) is 1. The molecule has 0 aliphatic rings. The highest BCUT2D eigenvalue weighted by atomic mass is 79.9. The van der Waals surface area contributed by atoms with Crippen molar-refractivity contribution in [3.05, 3.63) is 68.1 Å². The van der Waals surface area contributed by atoms with Crippen molar-refractivity contribution in [2.24, 2.45) is 0 Å². The van der Waals surface area contributed by atoms with Gasteiger partial charge in [0.05, 0.1) is 15.6 Å². The van der Waals surface area contributed by atoms with Crippen LogP contribution in [0.1, 0.15) is 15.9 Å². The van der Waals surface area contributed by atoms with Gasteiger partial charge in [-0.15, -0.1) is 0 Å². The Kier molecular flexibility index (Phi) is 4.86. The van der Waals surface area contributed by atoms with E-state index in [0.29, 0.717) is 22.2 Å². The first-order valence-electron chi connectivity index (χ1n) is 5.54. The zero-order valence-electron chi connectivity index (χ0n) is 9.79. The molecule has 0 heterocycles. The fourth-order valence-corrected chi connectivity index (χ4v) is 2.36. The van der Waals surface area contributed by atoms with Crippen LogP contribution >= 0.6 is 39.1 Å². The van der Waals surface area contributed by atoms with Crippen molar-refractivity contribution >= 4 is 45.0 Å². The summed E-state index contributed by atoms with van der Waals surface area (Å²) < 4.78 is 0.765. The fraction of sp³-hybridized carbons (Fsp3) is 0.0714. The molecule has 98 valence electrons. The molecule has 0 spiro atoms. The Balaban J connectivity index is 2.04. The molecule has 2 aromatic rings. The molecule has 0 atom stereocenters. The van der Waals surface area contributed by atoms with E-state index in [4.69, 9.17) is 23.2 Å². The van der Waals surface area contributed by atoms with Crippen molar-refractivity contribution in [2.75, 3.05) is 0 Å². The van der Waals surface area contributed by atoms with E-state index < -0.39 is 0 Å². The molecule has 1 amide bonds. The predicted octanol–water partition coefficient (Wildman–Crippen LogP) is 4.69. The predicted molar refractivity (Wildman–Crippen MR) is 81.8 cm³/mol. The Hall–Kier alpha value is -1.03.